The van der Waals surface area contributed by atoms with Crippen molar-refractivity contribution in [1.82, 2.24) is 50.1 Å². The molecule has 2 saturated carbocycles. The van der Waals surface area contributed by atoms with E-state index in [0.29, 0.717) is 62.1 Å². The predicted molar refractivity (Wildman–Crippen MR) is 322 cm³/mol. The number of likely N-dealkylation sites (tertiary alicyclic amines) is 2. The second kappa shape index (κ2) is 29.6. The quantitative estimate of drug-likeness (QED) is 0.0392. The van der Waals surface area contributed by atoms with Crippen molar-refractivity contribution in [2.75, 3.05) is 51.2 Å². The molecular weight excluding hydrogens is 1130 g/mol. The third kappa shape index (κ3) is 16.2. The van der Waals surface area contributed by atoms with Crippen molar-refractivity contribution in [3.63, 3.8) is 0 Å². The minimum atomic E-state index is -4.04. The van der Waals surface area contributed by atoms with Gasteiger partial charge in [0, 0.05) is 112 Å². The minimum absolute atomic E-state index is 0.00625. The third-order valence-corrected chi connectivity index (χ3v) is 19.0. The molecule has 6 aromatic rings. The summed E-state index contributed by atoms with van der Waals surface area (Å²) in [6.07, 6.45) is 20.8. The van der Waals surface area contributed by atoms with Crippen LogP contribution >= 0.6 is 11.5 Å². The van der Waals surface area contributed by atoms with Crippen LogP contribution in [0.5, 0.6) is 11.5 Å². The number of anilines is 1. The van der Waals surface area contributed by atoms with E-state index in [1.54, 1.807) is 42.9 Å². The molecule has 0 spiro atoms. The molecule has 2 saturated heterocycles. The number of aromatic nitrogens is 5. The number of carbonyl (C=O) groups is 4. The fourth-order valence-corrected chi connectivity index (χ4v) is 13.8. The molecule has 2 aliphatic carbocycles. The summed E-state index contributed by atoms with van der Waals surface area (Å²) in [4.78, 5) is 72.7. The molecule has 452 valence electrons. The van der Waals surface area contributed by atoms with Gasteiger partial charge in [0.1, 0.15) is 18.1 Å². The molecule has 86 heavy (non-hydrogen) atoms. The molecule has 0 unspecified atom stereocenters. The molecule has 2 aliphatic heterocycles. The van der Waals surface area contributed by atoms with Crippen molar-refractivity contribution < 1.29 is 41.8 Å². The number of hydrogen-bond acceptors (Lipinski definition) is 17. The lowest BCUT2D eigenvalue weighted by Gasteiger charge is -2.36. The van der Waals surface area contributed by atoms with E-state index in [1.807, 2.05) is 42.5 Å². The Balaban J connectivity index is 0.583. The van der Waals surface area contributed by atoms with E-state index in [9.17, 15) is 32.9 Å². The molecule has 10 rings (SSSR count). The number of nitriles is 1. The molecule has 4 amide bonds. The van der Waals surface area contributed by atoms with Gasteiger partial charge in [-0.3, -0.25) is 38.9 Å². The molecule has 0 bridgehead atoms. The summed E-state index contributed by atoms with van der Waals surface area (Å²) in [5.41, 5.74) is 5.12. The first kappa shape index (κ1) is 61.3. The van der Waals surface area contributed by atoms with Crippen LogP contribution in [0, 0.1) is 29.1 Å². The van der Waals surface area contributed by atoms with Crippen LogP contribution in [0.1, 0.15) is 113 Å². The van der Waals surface area contributed by atoms with Gasteiger partial charge in [-0.15, -0.1) is 0 Å². The topological polar surface area (TPSA) is 273 Å². The van der Waals surface area contributed by atoms with E-state index >= 15 is 0 Å². The van der Waals surface area contributed by atoms with Crippen LogP contribution in [-0.2, 0) is 45.2 Å². The van der Waals surface area contributed by atoms with Gasteiger partial charge >= 0.3 is 0 Å². The molecule has 4 fully saturated rings. The number of rotatable bonds is 25. The zero-order chi connectivity index (χ0) is 59.8. The zero-order valence-corrected chi connectivity index (χ0v) is 50.0. The standard InChI is InChI=1S/C63H74N12O9S2/c1-74-59(77)36-54(60(74)47-7-3-24-66-39-47)61(78)68-28-32-83-51-15-13-50(14-16-51)82-31-4-8-58(76)72-49-11-9-45(10-12-49)62(79)75-29-22-42(23-30-75)19-25-67-38-43-5-2-6-46(33-43)55-35-53(44-20-26-65-27-21-44)57(40-69-55)84-56-18-17-52(34-48(56)37-64)86(80,81)73-63-70-41-71-85-63/h2-3,5-7,17-18,20-21,24,26-27,33-35,39-42,45,49-51,54,60,67H,4,8-16,19,22-23,25,28-32,36,38H2,1H3,(H,68,78)(H,72,76)(H,70,71,73)/t45?,49?,50?,51?,54-,60+/m0/s1. The van der Waals surface area contributed by atoms with Gasteiger partial charge in [0.25, 0.3) is 10.0 Å². The molecule has 2 atom stereocenters. The van der Waals surface area contributed by atoms with E-state index in [-0.39, 0.29) is 81.6 Å². The first-order valence-corrected chi connectivity index (χ1v) is 32.1. The van der Waals surface area contributed by atoms with E-state index in [1.165, 1.54) is 24.5 Å². The lowest BCUT2D eigenvalue weighted by Crippen LogP contribution is -2.45. The highest BCUT2D eigenvalue weighted by molar-refractivity contribution is 7.93. The number of hydrogen-bond donors (Lipinski definition) is 4. The average Bonchev–Trinajstić information content (AvgIpc) is 3.90. The molecule has 4 N–H and O–H groups in total. The highest BCUT2D eigenvalue weighted by atomic mass is 32.2. The molecule has 6 heterocycles. The van der Waals surface area contributed by atoms with E-state index in [2.05, 4.69) is 63.1 Å². The van der Waals surface area contributed by atoms with E-state index < -0.39 is 15.9 Å². The maximum atomic E-state index is 13.7. The normalized spacial score (nSPS) is 20.9. The van der Waals surface area contributed by atoms with Gasteiger partial charge in [-0.1, -0.05) is 24.3 Å². The largest absolute Gasteiger partial charge is 0.454 e. The monoisotopic (exact) mass is 1210 g/mol. The Hall–Kier alpha value is -7.75. The van der Waals surface area contributed by atoms with Gasteiger partial charge in [-0.25, -0.2) is 13.4 Å². The number of sulfonamides is 1. The van der Waals surface area contributed by atoms with Crippen LogP contribution < -0.4 is 25.4 Å². The molecule has 2 aromatic carbocycles. The Bertz CT molecular complexity index is 3410. The van der Waals surface area contributed by atoms with Crippen LogP contribution in [0.25, 0.3) is 22.4 Å². The maximum absolute atomic E-state index is 13.7. The smallest absolute Gasteiger partial charge is 0.263 e. The number of nitrogens with one attached hydrogen (secondary N) is 4. The molecular formula is C63H74N12O9S2. The van der Waals surface area contributed by atoms with Crippen LogP contribution in [0.2, 0.25) is 0 Å². The summed E-state index contributed by atoms with van der Waals surface area (Å²) in [7, 11) is -2.30. The van der Waals surface area contributed by atoms with Gasteiger partial charge in [0.2, 0.25) is 28.8 Å². The van der Waals surface area contributed by atoms with Crippen molar-refractivity contribution in [2.45, 2.75) is 126 Å². The van der Waals surface area contributed by atoms with Crippen molar-refractivity contribution in [3.05, 3.63) is 127 Å². The molecule has 23 heteroatoms. The Kier molecular flexibility index (Phi) is 21.1. The predicted octanol–water partition coefficient (Wildman–Crippen LogP) is 8.38. The van der Waals surface area contributed by atoms with Crippen LogP contribution in [0.4, 0.5) is 5.13 Å². The first-order valence-electron chi connectivity index (χ1n) is 29.8. The minimum Gasteiger partial charge on any atom is -0.454 e. The third-order valence-electron chi connectivity index (χ3n) is 16.9. The summed E-state index contributed by atoms with van der Waals surface area (Å²) in [5.74, 6) is 0.698. The lowest BCUT2D eigenvalue weighted by molar-refractivity contribution is -0.138. The zero-order valence-electron chi connectivity index (χ0n) is 48.4. The van der Waals surface area contributed by atoms with Gasteiger partial charge < -0.3 is 40.0 Å². The van der Waals surface area contributed by atoms with Crippen molar-refractivity contribution in [2.24, 2.45) is 17.8 Å². The van der Waals surface area contributed by atoms with Gasteiger partial charge in [-0.05, 0) is 155 Å². The van der Waals surface area contributed by atoms with Crippen LogP contribution in [-0.4, -0.2) is 131 Å². The van der Waals surface area contributed by atoms with Crippen molar-refractivity contribution >= 4 is 50.3 Å². The second-order valence-corrected chi connectivity index (χ2v) is 25.1. The summed E-state index contributed by atoms with van der Waals surface area (Å²) < 4.78 is 50.8. The Morgan fingerprint density at radius 3 is 2.31 bits per heavy atom. The number of benzene rings is 2. The second-order valence-electron chi connectivity index (χ2n) is 22.7. The van der Waals surface area contributed by atoms with Gasteiger partial charge in [0.15, 0.2) is 5.75 Å². The van der Waals surface area contributed by atoms with Crippen LogP contribution in [0.15, 0.2) is 115 Å². The first-order chi connectivity index (χ1) is 41.9. The summed E-state index contributed by atoms with van der Waals surface area (Å²) in [6.45, 7) is 4.39. The number of pyridine rings is 3. The lowest BCUT2D eigenvalue weighted by atomic mass is 9.84. The Morgan fingerprint density at radius 2 is 1.58 bits per heavy atom. The van der Waals surface area contributed by atoms with Crippen LogP contribution in [0.3, 0.4) is 0 Å². The average molecular weight is 1210 g/mol. The van der Waals surface area contributed by atoms with E-state index in [4.69, 9.17) is 19.2 Å². The SMILES string of the molecule is CN1C(=O)C[C@H](C(=O)NCCOC2CCC(OCCCC(=O)NC3CCC(C(=O)N4CCC(CCNCc5cccc(-c6cc(-c7ccncc7)c(Oc7ccc(S(=O)(=O)Nc8ncns8)cc7C#N)cn6)c5)CC4)CC3)CC2)[C@H]1c1cccnc1. The fourth-order valence-electron chi connectivity index (χ4n) is 12.2. The summed E-state index contributed by atoms with van der Waals surface area (Å²) in [6, 6.07) is 23.4. The van der Waals surface area contributed by atoms with E-state index in [0.717, 1.165) is 124 Å². The molecule has 0 radical (unpaired) electrons. The molecule has 4 aliphatic rings. The highest BCUT2D eigenvalue weighted by Gasteiger charge is 2.43. The Morgan fingerprint density at radius 1 is 0.802 bits per heavy atom. The van der Waals surface area contributed by atoms with Gasteiger partial charge in [0.05, 0.1) is 53.1 Å². The number of amides is 4. The maximum Gasteiger partial charge on any atom is 0.263 e. The molecule has 4 aromatic heterocycles. The van der Waals surface area contributed by atoms with Crippen molar-refractivity contribution in [3.8, 4) is 40.0 Å². The molecule has 21 nitrogen and oxygen atoms in total. The summed E-state index contributed by atoms with van der Waals surface area (Å²) in [5, 5.41) is 20.0. The van der Waals surface area contributed by atoms with Gasteiger partial charge in [-0.2, -0.15) is 9.64 Å². The highest BCUT2D eigenvalue weighted by Crippen LogP contribution is 2.39. The van der Waals surface area contributed by atoms with Crippen molar-refractivity contribution in [1.29, 1.82) is 5.26 Å². The summed E-state index contributed by atoms with van der Waals surface area (Å²) >= 11 is 0.897. The number of piperidine rings is 1. The number of ether oxygens (including phenoxy) is 3. The fraction of sp³-hybridized carbons (Fsp3) is 0.460. The Labute approximate surface area is 506 Å². The number of carbonyl (C=O) groups excluding carboxylic acids is 4. The number of nitrogens with zero attached hydrogens (tertiary/aromatic N) is 8.